The van der Waals surface area contributed by atoms with Gasteiger partial charge in [-0.1, -0.05) is 67.6 Å². The molecule has 0 bridgehead atoms. The highest BCUT2D eigenvalue weighted by atomic mass is 14.5. The Morgan fingerprint density at radius 2 is 1.40 bits per heavy atom. The average Bonchev–Trinajstić information content (AvgIpc) is 2.81. The van der Waals surface area contributed by atoms with Crippen molar-refractivity contribution in [2.45, 2.75) is 26.2 Å². The topological polar surface area (TPSA) is 26.0 Å². The Balaban J connectivity index is 2.07. The first-order valence-corrected chi connectivity index (χ1v) is 9.03. The molecular formula is C24H23N. The van der Waals surface area contributed by atoms with E-state index in [4.69, 9.17) is 5.73 Å². The predicted molar refractivity (Wildman–Crippen MR) is 107 cm³/mol. The SMILES string of the molecule is CCC(=C1c2ccccc2CCc2ccccc21)c1cccc(N)c1. The van der Waals surface area contributed by atoms with Crippen LogP contribution < -0.4 is 5.73 Å². The fraction of sp³-hybridized carbons (Fsp3) is 0.167. The molecule has 3 aromatic rings. The maximum absolute atomic E-state index is 6.08. The summed E-state index contributed by atoms with van der Waals surface area (Å²) < 4.78 is 0. The lowest BCUT2D eigenvalue weighted by atomic mass is 9.86. The molecule has 0 saturated carbocycles. The van der Waals surface area contributed by atoms with Crippen LogP contribution in [0.2, 0.25) is 0 Å². The Bertz CT molecular complexity index is 900. The Labute approximate surface area is 149 Å². The second-order valence-electron chi connectivity index (χ2n) is 6.65. The van der Waals surface area contributed by atoms with Gasteiger partial charge in [-0.2, -0.15) is 0 Å². The van der Waals surface area contributed by atoms with Crippen molar-refractivity contribution in [3.05, 3.63) is 101 Å². The van der Waals surface area contributed by atoms with Gasteiger partial charge >= 0.3 is 0 Å². The van der Waals surface area contributed by atoms with Gasteiger partial charge in [-0.15, -0.1) is 0 Å². The molecule has 0 unspecified atom stereocenters. The number of hydrogen-bond acceptors (Lipinski definition) is 1. The first-order valence-electron chi connectivity index (χ1n) is 9.03. The fourth-order valence-electron chi connectivity index (χ4n) is 3.96. The molecule has 4 rings (SSSR count). The standard InChI is InChI=1S/C24H23N/c1-2-21(19-10-7-11-20(25)16-19)24-22-12-5-3-8-17(22)14-15-18-9-4-6-13-23(18)24/h3-13,16H,2,14-15,25H2,1H3. The molecule has 0 aliphatic heterocycles. The van der Waals surface area contributed by atoms with Gasteiger partial charge in [0.2, 0.25) is 0 Å². The fourth-order valence-corrected chi connectivity index (χ4v) is 3.96. The number of nitrogens with two attached hydrogens (primary N) is 1. The number of allylic oxidation sites excluding steroid dienone is 1. The second-order valence-corrected chi connectivity index (χ2v) is 6.65. The second kappa shape index (κ2) is 6.60. The molecule has 0 aromatic heterocycles. The lowest BCUT2D eigenvalue weighted by Gasteiger charge is -2.18. The lowest BCUT2D eigenvalue weighted by Crippen LogP contribution is -1.98. The van der Waals surface area contributed by atoms with E-state index in [9.17, 15) is 0 Å². The molecule has 1 nitrogen and oxygen atoms in total. The number of hydrogen-bond donors (Lipinski definition) is 1. The van der Waals surface area contributed by atoms with Crippen molar-refractivity contribution < 1.29 is 0 Å². The third-order valence-corrected chi connectivity index (χ3v) is 5.13. The minimum atomic E-state index is 0.819. The van der Waals surface area contributed by atoms with Crippen molar-refractivity contribution in [3.8, 4) is 0 Å². The van der Waals surface area contributed by atoms with E-state index in [1.807, 2.05) is 6.07 Å². The molecule has 0 saturated heterocycles. The quantitative estimate of drug-likeness (QED) is 0.598. The summed E-state index contributed by atoms with van der Waals surface area (Å²) in [6, 6.07) is 26.0. The molecule has 124 valence electrons. The zero-order valence-corrected chi connectivity index (χ0v) is 14.6. The van der Waals surface area contributed by atoms with Crippen LogP contribution >= 0.6 is 0 Å². The molecule has 0 amide bonds. The summed E-state index contributed by atoms with van der Waals surface area (Å²) in [7, 11) is 0. The summed E-state index contributed by atoms with van der Waals surface area (Å²) in [4.78, 5) is 0. The third kappa shape index (κ3) is 2.87. The van der Waals surface area contributed by atoms with Crippen LogP contribution in [-0.4, -0.2) is 0 Å². The van der Waals surface area contributed by atoms with E-state index in [0.717, 1.165) is 24.9 Å². The van der Waals surface area contributed by atoms with Crippen molar-refractivity contribution >= 4 is 16.8 Å². The van der Waals surface area contributed by atoms with Crippen LogP contribution in [0.25, 0.3) is 11.1 Å². The molecule has 3 aromatic carbocycles. The lowest BCUT2D eigenvalue weighted by molar-refractivity contribution is 0.965. The number of fused-ring (bicyclic) bond motifs is 2. The summed E-state index contributed by atoms with van der Waals surface area (Å²) in [5, 5.41) is 0. The molecule has 0 fully saturated rings. The van der Waals surface area contributed by atoms with E-state index < -0.39 is 0 Å². The molecule has 2 N–H and O–H groups in total. The van der Waals surface area contributed by atoms with Gasteiger partial charge in [0.05, 0.1) is 0 Å². The normalized spacial score (nSPS) is 12.9. The van der Waals surface area contributed by atoms with Crippen molar-refractivity contribution in [1.29, 1.82) is 0 Å². The van der Waals surface area contributed by atoms with E-state index in [1.54, 1.807) is 0 Å². The van der Waals surface area contributed by atoms with E-state index in [-0.39, 0.29) is 0 Å². The van der Waals surface area contributed by atoms with Crippen molar-refractivity contribution in [1.82, 2.24) is 0 Å². The van der Waals surface area contributed by atoms with E-state index >= 15 is 0 Å². The van der Waals surface area contributed by atoms with Crippen molar-refractivity contribution in [2.75, 3.05) is 5.73 Å². The number of anilines is 1. The van der Waals surface area contributed by atoms with Gasteiger partial charge in [-0.05, 0) is 70.4 Å². The highest BCUT2D eigenvalue weighted by Gasteiger charge is 2.21. The van der Waals surface area contributed by atoms with Crippen molar-refractivity contribution in [2.24, 2.45) is 0 Å². The van der Waals surface area contributed by atoms with E-state index in [0.29, 0.717) is 0 Å². The summed E-state index contributed by atoms with van der Waals surface area (Å²) in [5.74, 6) is 0. The molecule has 1 heteroatoms. The van der Waals surface area contributed by atoms with E-state index in [2.05, 4.69) is 73.7 Å². The smallest absolute Gasteiger partial charge is 0.0320 e. The van der Waals surface area contributed by atoms with Gasteiger partial charge in [0.1, 0.15) is 0 Å². The van der Waals surface area contributed by atoms with Crippen molar-refractivity contribution in [3.63, 3.8) is 0 Å². The molecule has 1 aliphatic carbocycles. The van der Waals surface area contributed by atoms with Gasteiger partial charge < -0.3 is 5.73 Å². The first-order chi connectivity index (χ1) is 12.3. The van der Waals surface area contributed by atoms with Gasteiger partial charge in [-0.25, -0.2) is 0 Å². The Hall–Kier alpha value is -2.80. The molecule has 0 atom stereocenters. The molecule has 25 heavy (non-hydrogen) atoms. The van der Waals surface area contributed by atoms with Crippen LogP contribution in [0, 0.1) is 0 Å². The highest BCUT2D eigenvalue weighted by molar-refractivity contribution is 6.00. The summed E-state index contributed by atoms with van der Waals surface area (Å²) in [5.41, 5.74) is 16.5. The number of nitrogen functional groups attached to an aromatic ring is 1. The van der Waals surface area contributed by atoms with Crippen LogP contribution in [0.3, 0.4) is 0 Å². The van der Waals surface area contributed by atoms with Crippen LogP contribution in [-0.2, 0) is 12.8 Å². The van der Waals surface area contributed by atoms with Crippen LogP contribution in [0.5, 0.6) is 0 Å². The monoisotopic (exact) mass is 325 g/mol. The summed E-state index contributed by atoms with van der Waals surface area (Å²) in [6.07, 6.45) is 3.15. The highest BCUT2D eigenvalue weighted by Crippen LogP contribution is 2.40. The molecule has 0 spiro atoms. The minimum absolute atomic E-state index is 0.819. The molecule has 1 aliphatic rings. The van der Waals surface area contributed by atoms with Crippen LogP contribution in [0.15, 0.2) is 72.8 Å². The predicted octanol–water partition coefficient (Wildman–Crippen LogP) is 5.74. The number of rotatable bonds is 2. The maximum atomic E-state index is 6.08. The van der Waals surface area contributed by atoms with E-state index in [1.165, 1.54) is 39.0 Å². The zero-order chi connectivity index (χ0) is 17.2. The van der Waals surface area contributed by atoms with Gasteiger partial charge in [0, 0.05) is 5.69 Å². The van der Waals surface area contributed by atoms with Gasteiger partial charge in [0.15, 0.2) is 0 Å². The Morgan fingerprint density at radius 3 is 1.96 bits per heavy atom. The molecule has 0 radical (unpaired) electrons. The largest absolute Gasteiger partial charge is 0.399 e. The first kappa shape index (κ1) is 15.7. The molecule has 0 heterocycles. The number of benzene rings is 3. The number of aryl methyl sites for hydroxylation is 2. The molecular weight excluding hydrogens is 302 g/mol. The Morgan fingerprint density at radius 1 is 0.800 bits per heavy atom. The Kier molecular flexibility index (Phi) is 4.15. The van der Waals surface area contributed by atoms with Crippen LogP contribution in [0.1, 0.15) is 41.2 Å². The van der Waals surface area contributed by atoms with Crippen LogP contribution in [0.4, 0.5) is 5.69 Å². The van der Waals surface area contributed by atoms with Gasteiger partial charge in [-0.3, -0.25) is 0 Å². The maximum Gasteiger partial charge on any atom is 0.0320 e. The minimum Gasteiger partial charge on any atom is -0.399 e. The van der Waals surface area contributed by atoms with Gasteiger partial charge in [0.25, 0.3) is 0 Å². The summed E-state index contributed by atoms with van der Waals surface area (Å²) >= 11 is 0. The summed E-state index contributed by atoms with van der Waals surface area (Å²) in [6.45, 7) is 2.24. The zero-order valence-electron chi connectivity index (χ0n) is 14.6. The third-order valence-electron chi connectivity index (χ3n) is 5.13. The average molecular weight is 325 g/mol.